The minimum atomic E-state index is -0.246. The lowest BCUT2D eigenvalue weighted by Crippen LogP contribution is -1.99. The van der Waals surface area contributed by atoms with Gasteiger partial charge in [0.1, 0.15) is 6.29 Å². The minimum absolute atomic E-state index is 0.227. The predicted octanol–water partition coefficient (Wildman–Crippen LogP) is 1.02. The number of carbonyl (C=O) groups is 1. The zero-order valence-corrected chi connectivity index (χ0v) is 5.58. The van der Waals surface area contributed by atoms with Gasteiger partial charge in [0, 0.05) is 18.8 Å². The Morgan fingerprint density at radius 1 is 1.40 bits per heavy atom. The zero-order chi connectivity index (χ0) is 7.82. The Morgan fingerprint density at radius 3 is 2.50 bits per heavy atom. The van der Waals surface area contributed by atoms with Crippen molar-refractivity contribution in [3.8, 4) is 12.1 Å². The van der Waals surface area contributed by atoms with Gasteiger partial charge in [-0.05, 0) is 6.42 Å². The van der Waals surface area contributed by atoms with Crippen molar-refractivity contribution in [1.29, 1.82) is 10.5 Å². The summed E-state index contributed by atoms with van der Waals surface area (Å²) >= 11 is 0. The van der Waals surface area contributed by atoms with E-state index in [1.54, 1.807) is 0 Å². The van der Waals surface area contributed by atoms with E-state index in [0.717, 1.165) is 6.29 Å². The monoisotopic (exact) mass is 136 g/mol. The summed E-state index contributed by atoms with van der Waals surface area (Å²) in [5, 5.41) is 16.3. The lowest BCUT2D eigenvalue weighted by Gasteiger charge is -1.98. The summed E-state index contributed by atoms with van der Waals surface area (Å²) in [6.07, 6.45) is 1.82. The van der Waals surface area contributed by atoms with Crippen molar-refractivity contribution in [1.82, 2.24) is 0 Å². The molecule has 0 aromatic heterocycles. The fraction of sp³-hybridized carbons (Fsp3) is 0.571. The highest BCUT2D eigenvalue weighted by Crippen LogP contribution is 2.05. The molecule has 0 aromatic carbocycles. The molecule has 0 aliphatic rings. The van der Waals surface area contributed by atoms with Crippen LogP contribution in [0.2, 0.25) is 0 Å². The fourth-order valence-corrected chi connectivity index (χ4v) is 0.585. The fourth-order valence-electron chi connectivity index (χ4n) is 0.585. The van der Waals surface area contributed by atoms with Gasteiger partial charge in [-0.3, -0.25) is 0 Å². The standard InChI is InChI=1S/C7H8N2O/c8-4-1-2-7(6-10)3-5-9/h6-7H,1-3H2. The van der Waals surface area contributed by atoms with Gasteiger partial charge in [-0.2, -0.15) is 10.5 Å². The van der Waals surface area contributed by atoms with Crippen molar-refractivity contribution < 1.29 is 4.79 Å². The second-order valence-electron chi connectivity index (χ2n) is 1.96. The molecule has 0 rings (SSSR count). The maximum Gasteiger partial charge on any atom is 0.124 e. The molecular weight excluding hydrogens is 128 g/mol. The van der Waals surface area contributed by atoms with Crippen molar-refractivity contribution in [3.05, 3.63) is 0 Å². The topological polar surface area (TPSA) is 64.7 Å². The molecule has 10 heavy (non-hydrogen) atoms. The second-order valence-corrected chi connectivity index (χ2v) is 1.96. The summed E-state index contributed by atoms with van der Waals surface area (Å²) in [5.41, 5.74) is 0. The van der Waals surface area contributed by atoms with Crippen LogP contribution in [0, 0.1) is 28.6 Å². The molecule has 0 aliphatic heterocycles. The van der Waals surface area contributed by atoms with Crippen molar-refractivity contribution in [2.75, 3.05) is 0 Å². The van der Waals surface area contributed by atoms with E-state index in [-0.39, 0.29) is 12.3 Å². The van der Waals surface area contributed by atoms with E-state index in [2.05, 4.69) is 0 Å². The van der Waals surface area contributed by atoms with Gasteiger partial charge >= 0.3 is 0 Å². The van der Waals surface area contributed by atoms with E-state index < -0.39 is 0 Å². The van der Waals surface area contributed by atoms with Gasteiger partial charge in [0.15, 0.2) is 0 Å². The van der Waals surface area contributed by atoms with Crippen LogP contribution in [0.3, 0.4) is 0 Å². The van der Waals surface area contributed by atoms with Crippen LogP contribution in [-0.4, -0.2) is 6.29 Å². The van der Waals surface area contributed by atoms with Gasteiger partial charge in [0.05, 0.1) is 12.1 Å². The van der Waals surface area contributed by atoms with E-state index in [4.69, 9.17) is 10.5 Å². The van der Waals surface area contributed by atoms with Crippen molar-refractivity contribution >= 4 is 6.29 Å². The lowest BCUT2D eigenvalue weighted by molar-refractivity contribution is -0.111. The van der Waals surface area contributed by atoms with Gasteiger partial charge in [-0.15, -0.1) is 0 Å². The Balaban J connectivity index is 3.54. The van der Waals surface area contributed by atoms with Gasteiger partial charge in [0.25, 0.3) is 0 Å². The zero-order valence-electron chi connectivity index (χ0n) is 5.58. The molecule has 0 saturated heterocycles. The molecule has 0 aliphatic carbocycles. The van der Waals surface area contributed by atoms with Crippen molar-refractivity contribution in [2.45, 2.75) is 19.3 Å². The smallest absolute Gasteiger partial charge is 0.124 e. The van der Waals surface area contributed by atoms with Crippen LogP contribution in [0.25, 0.3) is 0 Å². The van der Waals surface area contributed by atoms with Crippen LogP contribution >= 0.6 is 0 Å². The third-order valence-electron chi connectivity index (χ3n) is 1.17. The summed E-state index contributed by atoms with van der Waals surface area (Å²) in [6.45, 7) is 0. The molecule has 3 heteroatoms. The maximum atomic E-state index is 10.1. The lowest BCUT2D eigenvalue weighted by atomic mass is 10.0. The molecule has 52 valence electrons. The minimum Gasteiger partial charge on any atom is -0.303 e. The first kappa shape index (κ1) is 8.65. The van der Waals surface area contributed by atoms with Crippen molar-refractivity contribution in [2.24, 2.45) is 5.92 Å². The number of rotatable bonds is 4. The summed E-state index contributed by atoms with van der Waals surface area (Å²) in [5.74, 6) is -0.246. The highest BCUT2D eigenvalue weighted by Gasteiger charge is 2.04. The Morgan fingerprint density at radius 2 is 2.10 bits per heavy atom. The highest BCUT2D eigenvalue weighted by molar-refractivity contribution is 5.53. The average molecular weight is 136 g/mol. The van der Waals surface area contributed by atoms with Crippen LogP contribution in [0.4, 0.5) is 0 Å². The summed E-state index contributed by atoms with van der Waals surface area (Å²) in [6, 6.07) is 3.81. The van der Waals surface area contributed by atoms with E-state index in [1.165, 1.54) is 0 Å². The summed E-state index contributed by atoms with van der Waals surface area (Å²) in [4.78, 5) is 10.1. The summed E-state index contributed by atoms with van der Waals surface area (Å²) < 4.78 is 0. The molecule has 0 saturated carbocycles. The van der Waals surface area contributed by atoms with Crippen molar-refractivity contribution in [3.63, 3.8) is 0 Å². The van der Waals surface area contributed by atoms with Crippen LogP contribution in [0.15, 0.2) is 0 Å². The molecule has 0 N–H and O–H groups in total. The van der Waals surface area contributed by atoms with Crippen LogP contribution in [0.1, 0.15) is 19.3 Å². The molecular formula is C7H8N2O. The summed E-state index contributed by atoms with van der Waals surface area (Å²) in [7, 11) is 0. The van der Waals surface area contributed by atoms with Crippen LogP contribution < -0.4 is 0 Å². The Hall–Kier alpha value is -1.35. The highest BCUT2D eigenvalue weighted by atomic mass is 16.1. The molecule has 0 aromatic rings. The largest absolute Gasteiger partial charge is 0.303 e. The molecule has 3 nitrogen and oxygen atoms in total. The molecule has 1 unspecified atom stereocenters. The van der Waals surface area contributed by atoms with E-state index in [1.807, 2.05) is 12.1 Å². The normalized spacial score (nSPS) is 11.0. The number of hydrogen-bond donors (Lipinski definition) is 0. The quantitative estimate of drug-likeness (QED) is 0.542. The Labute approximate surface area is 59.9 Å². The van der Waals surface area contributed by atoms with Gasteiger partial charge in [0.2, 0.25) is 0 Å². The van der Waals surface area contributed by atoms with E-state index >= 15 is 0 Å². The number of nitrogens with zero attached hydrogens (tertiary/aromatic N) is 2. The average Bonchev–Trinajstić information content (AvgIpc) is 1.98. The van der Waals surface area contributed by atoms with Gasteiger partial charge < -0.3 is 4.79 Å². The first-order chi connectivity index (χ1) is 4.85. The third-order valence-corrected chi connectivity index (χ3v) is 1.17. The van der Waals surface area contributed by atoms with E-state index in [0.29, 0.717) is 12.8 Å². The first-order valence-electron chi connectivity index (χ1n) is 3.04. The van der Waals surface area contributed by atoms with Gasteiger partial charge in [-0.1, -0.05) is 0 Å². The van der Waals surface area contributed by atoms with Crippen LogP contribution in [0.5, 0.6) is 0 Å². The molecule has 1 atom stereocenters. The second kappa shape index (κ2) is 5.78. The molecule has 0 heterocycles. The van der Waals surface area contributed by atoms with Gasteiger partial charge in [-0.25, -0.2) is 0 Å². The number of aldehydes is 1. The first-order valence-corrected chi connectivity index (χ1v) is 3.04. The Bertz CT molecular complexity index is 175. The molecule has 0 radical (unpaired) electrons. The number of hydrogen-bond acceptors (Lipinski definition) is 3. The molecule has 0 bridgehead atoms. The molecule has 0 amide bonds. The maximum absolute atomic E-state index is 10.1. The van der Waals surface area contributed by atoms with E-state index in [9.17, 15) is 4.79 Å². The SMILES string of the molecule is N#CCCC(C=O)CC#N. The molecule has 0 fully saturated rings. The number of carbonyl (C=O) groups excluding carboxylic acids is 1. The van der Waals surface area contributed by atoms with Crippen LogP contribution in [-0.2, 0) is 4.79 Å². The molecule has 0 spiro atoms. The predicted molar refractivity (Wildman–Crippen MR) is 34.6 cm³/mol. The Kier molecular flexibility index (Phi) is 5.00. The number of nitriles is 2. The third kappa shape index (κ3) is 3.63.